The predicted molar refractivity (Wildman–Crippen MR) is 372 cm³/mol. The zero-order valence-electron chi connectivity index (χ0n) is 55.0. The van der Waals surface area contributed by atoms with Crippen LogP contribution in [0.3, 0.4) is 0 Å². The van der Waals surface area contributed by atoms with Gasteiger partial charge in [-0.05, 0) is 200 Å². The quantitative estimate of drug-likeness (QED) is 0.0409. The zero-order chi connectivity index (χ0) is 69.7. The highest BCUT2D eigenvalue weighted by Gasteiger charge is 2.47. The molecule has 0 bridgehead atoms. The first kappa shape index (κ1) is 70.1. The lowest BCUT2D eigenvalue weighted by Crippen LogP contribution is -2.25. The summed E-state index contributed by atoms with van der Waals surface area (Å²) in [7, 11) is 0. The minimum atomic E-state index is -0.760. The molecule has 3 aliphatic rings. The van der Waals surface area contributed by atoms with Gasteiger partial charge in [-0.3, -0.25) is 44.3 Å². The minimum absolute atomic E-state index is 0.0286. The topological polar surface area (TPSA) is 283 Å². The summed E-state index contributed by atoms with van der Waals surface area (Å²) < 4.78 is 21.2. The number of hydrogen-bond donors (Lipinski definition) is 3. The van der Waals surface area contributed by atoms with E-state index in [0.717, 1.165) is 62.3 Å². The second-order valence-electron chi connectivity index (χ2n) is 24.9. The summed E-state index contributed by atoms with van der Waals surface area (Å²) in [6.07, 6.45) is 16.6. The van der Waals surface area contributed by atoms with Crippen LogP contribution in [-0.2, 0) is 66.2 Å². The van der Waals surface area contributed by atoms with Crippen LogP contribution >= 0.6 is 0 Å². The second kappa shape index (κ2) is 33.8. The van der Waals surface area contributed by atoms with E-state index >= 15 is 0 Å². The molecule has 0 aliphatic heterocycles. The number of rotatable bonds is 18. The Kier molecular flexibility index (Phi) is 23.9. The van der Waals surface area contributed by atoms with Crippen molar-refractivity contribution < 1.29 is 57.9 Å². The Morgan fingerprint density at radius 2 is 0.838 bits per heavy atom. The molecule has 14 rings (SSSR count). The lowest BCUT2D eigenvalue weighted by Gasteiger charge is -2.19. The van der Waals surface area contributed by atoms with Crippen molar-refractivity contribution in [2.45, 2.75) is 96.2 Å². The number of benzene rings is 5. The van der Waals surface area contributed by atoms with Gasteiger partial charge in [0, 0.05) is 78.4 Å². The van der Waals surface area contributed by atoms with Gasteiger partial charge in [-0.15, -0.1) is 0 Å². The van der Waals surface area contributed by atoms with Gasteiger partial charge in [-0.2, -0.15) is 0 Å². The number of carboxylic acids is 1. The van der Waals surface area contributed by atoms with E-state index in [1.165, 1.54) is 0 Å². The third kappa shape index (κ3) is 21.1. The smallest absolute Gasteiger partial charge is 0.338 e. The molecule has 0 saturated heterocycles. The summed E-state index contributed by atoms with van der Waals surface area (Å²) >= 11 is 0. The van der Waals surface area contributed by atoms with Crippen molar-refractivity contribution >= 4 is 62.9 Å². The number of esters is 4. The molecule has 0 unspecified atom stereocenters. The Morgan fingerprint density at radius 3 is 1.23 bits per heavy atom. The third-order valence-electron chi connectivity index (χ3n) is 16.4. The molecule has 0 radical (unpaired) electrons. The summed E-state index contributed by atoms with van der Waals surface area (Å²) in [6.45, 7) is 6.05. The highest BCUT2D eigenvalue weighted by molar-refractivity contribution is 5.92. The number of nitrogens with two attached hydrogens (primary N) is 1. The number of hydrogen-bond acceptors (Lipinski definition) is 18. The van der Waals surface area contributed by atoms with Crippen LogP contribution in [0.5, 0.6) is 0 Å². The van der Waals surface area contributed by atoms with E-state index < -0.39 is 17.5 Å². The second-order valence-corrected chi connectivity index (χ2v) is 24.9. The molecule has 19 heteroatoms. The summed E-state index contributed by atoms with van der Waals surface area (Å²) in [5.41, 5.74) is 14.3. The first-order valence-corrected chi connectivity index (χ1v) is 32.4. The normalized spacial score (nSPS) is 16.7. The Morgan fingerprint density at radius 1 is 0.444 bits per heavy atom. The number of aliphatic hydroxyl groups excluding tert-OH is 1. The molecule has 4 N–H and O–H groups in total. The molecule has 3 aliphatic carbocycles. The molecule has 0 spiro atoms. The largest absolute Gasteiger partial charge is 0.481 e. The highest BCUT2D eigenvalue weighted by Crippen LogP contribution is 2.50. The van der Waals surface area contributed by atoms with E-state index in [-0.39, 0.29) is 85.6 Å². The summed E-state index contributed by atoms with van der Waals surface area (Å²) in [6, 6.07) is 59.2. The molecule has 6 atom stereocenters. The molecular formula is C80H75N7O12. The fourth-order valence-electron chi connectivity index (χ4n) is 10.8. The average Bonchev–Trinajstić information content (AvgIpc) is 1.66. The molecule has 3 fully saturated rings. The van der Waals surface area contributed by atoms with E-state index in [1.807, 2.05) is 148 Å². The number of ketones is 1. The molecule has 6 aromatic heterocycles. The van der Waals surface area contributed by atoms with Gasteiger partial charge in [-0.1, -0.05) is 84.9 Å². The van der Waals surface area contributed by atoms with Crippen LogP contribution in [0.25, 0.3) is 21.5 Å². The van der Waals surface area contributed by atoms with Gasteiger partial charge < -0.3 is 34.9 Å². The van der Waals surface area contributed by atoms with E-state index in [2.05, 4.69) is 36.0 Å². The maximum Gasteiger partial charge on any atom is 0.338 e. The summed E-state index contributed by atoms with van der Waals surface area (Å²) in [4.78, 5) is 96.4. The summed E-state index contributed by atoms with van der Waals surface area (Å²) in [5.74, 6) is -1.69. The number of aromatic nitrogens is 6. The molecular weight excluding hydrogens is 1250 g/mol. The number of pyridine rings is 6. The average molecular weight is 1330 g/mol. The number of carbonyl (C=O) groups is 6. The van der Waals surface area contributed by atoms with Gasteiger partial charge in [-0.25, -0.2) is 14.4 Å². The van der Waals surface area contributed by atoms with Crippen molar-refractivity contribution in [3.63, 3.8) is 0 Å². The van der Waals surface area contributed by atoms with Gasteiger partial charge in [0.15, 0.2) is 0 Å². The van der Waals surface area contributed by atoms with Gasteiger partial charge in [0.05, 0.1) is 57.9 Å². The highest BCUT2D eigenvalue weighted by atomic mass is 16.6. The van der Waals surface area contributed by atoms with Crippen LogP contribution in [0.2, 0.25) is 0 Å². The number of carbonyl (C=O) groups excluding carboxylic acids is 5. The van der Waals surface area contributed by atoms with Crippen LogP contribution in [-0.4, -0.2) is 81.3 Å². The lowest BCUT2D eigenvalue weighted by atomic mass is 10.0. The fraction of sp³-hybridized carbons (Fsp3) is 0.225. The number of nitrogens with zero attached hydrogens (tertiary/aromatic N) is 6. The summed E-state index contributed by atoms with van der Waals surface area (Å²) in [5, 5.41) is 21.8. The van der Waals surface area contributed by atoms with Gasteiger partial charge in [0.1, 0.15) is 31.2 Å². The maximum absolute atomic E-state index is 12.8. The number of carboxylic acid groups (broad SMARTS) is 1. The van der Waals surface area contributed by atoms with Crippen molar-refractivity contribution in [2.75, 3.05) is 5.73 Å². The Bertz CT molecular complexity index is 4510. The van der Waals surface area contributed by atoms with Gasteiger partial charge in [0.25, 0.3) is 0 Å². The molecule has 5 aromatic carbocycles. The first-order chi connectivity index (χ1) is 47.9. The van der Waals surface area contributed by atoms with Crippen LogP contribution in [0, 0.1) is 17.8 Å². The predicted octanol–water partition coefficient (Wildman–Crippen LogP) is 13.8. The molecule has 19 nitrogen and oxygen atoms in total. The maximum atomic E-state index is 12.8. The number of anilines is 1. The molecule has 99 heavy (non-hydrogen) atoms. The molecule has 502 valence electrons. The van der Waals surface area contributed by atoms with Crippen LogP contribution in [0.15, 0.2) is 244 Å². The van der Waals surface area contributed by atoms with Gasteiger partial charge in [0.2, 0.25) is 0 Å². The minimum Gasteiger partial charge on any atom is -0.481 e. The van der Waals surface area contributed by atoms with Crippen molar-refractivity contribution in [3.05, 3.63) is 305 Å². The van der Waals surface area contributed by atoms with Gasteiger partial charge >= 0.3 is 29.8 Å². The van der Waals surface area contributed by atoms with Crippen molar-refractivity contribution in [2.24, 2.45) is 17.8 Å². The SMILES string of the molecule is CC(C)(C)OC(=O)[C@@H]1C[C@H]1c1ccc(C(=O)OCc2ccccn2)cc1.Nc1ccc2cnccc2c1.O=C(OCc1ccccn1)c1ccc([C@@H]2C[C@H]2C(=O)Cc2ccc3cnccc3c2)cc1.O=C(OCc1ccccn1)c1ccc([C@@H]2C[C@H]2C(=O)O)cc1.OCc1ccccn1. The van der Waals surface area contributed by atoms with E-state index in [4.69, 9.17) is 34.9 Å². The van der Waals surface area contributed by atoms with Crippen LogP contribution in [0.1, 0.15) is 134 Å². The molecule has 0 amide bonds. The Labute approximate surface area is 573 Å². The number of Topliss-reactive ketones (excluding diaryl/α,β-unsaturated/α-hetero) is 1. The number of aliphatic hydroxyl groups is 1. The lowest BCUT2D eigenvalue weighted by molar-refractivity contribution is -0.156. The van der Waals surface area contributed by atoms with Crippen LogP contribution in [0.4, 0.5) is 5.69 Å². The zero-order valence-corrected chi connectivity index (χ0v) is 55.0. The van der Waals surface area contributed by atoms with E-state index in [0.29, 0.717) is 52.3 Å². The Balaban J connectivity index is 0.000000143. The molecule has 6 heterocycles. The first-order valence-electron chi connectivity index (χ1n) is 32.4. The van der Waals surface area contributed by atoms with Crippen molar-refractivity contribution in [1.29, 1.82) is 0 Å². The number of aliphatic carboxylic acids is 1. The van der Waals surface area contributed by atoms with Crippen molar-refractivity contribution in [1.82, 2.24) is 29.9 Å². The molecule has 3 saturated carbocycles. The van der Waals surface area contributed by atoms with E-state index in [1.54, 1.807) is 110 Å². The Hall–Kier alpha value is -11.7. The van der Waals surface area contributed by atoms with E-state index in [9.17, 15) is 28.8 Å². The standard InChI is InChI=1S/C27H22N2O3.C21H23NO4.C17H15NO4.C9H8N2.C6H7NO/c30-26(14-18-4-5-22-16-28-12-10-21(22)13-18)25-15-24(25)19-6-8-20(9-7-19)27(31)32-17-23-3-1-2-11-29-23;1-21(2,3)26-20(24)18-12-17(18)14-7-9-15(10-8-14)19(23)25-13-16-6-4-5-11-22-16;19-16(20)15-9-14(15)11-4-6-12(7-5-11)17(21)22-10-13-3-1-2-8-18-13;10-9-2-1-8-6-11-4-3-7(8)5-9;8-5-6-3-1-2-4-7-6/h1-13,16,24-25H,14-15,17H2;4-11,17-18H,12-13H2,1-3H3;1-8,14-15H,9-10H2,(H,19,20);1-6H,10H2;1-4,8H,5H2/t24-,25+;17-,18+;14-,15+;;/m000../s1. The number of nitrogen functional groups attached to an aromatic ring is 1. The fourth-order valence-corrected chi connectivity index (χ4v) is 10.8. The number of fused-ring (bicyclic) bond motifs is 2. The monoisotopic (exact) mass is 1330 g/mol. The third-order valence-corrected chi connectivity index (χ3v) is 16.4. The van der Waals surface area contributed by atoms with Crippen molar-refractivity contribution in [3.8, 4) is 0 Å². The molecule has 11 aromatic rings. The van der Waals surface area contributed by atoms with Crippen LogP contribution < -0.4 is 5.73 Å². The number of ether oxygens (including phenoxy) is 4.